The molecule has 1 atom stereocenters. The van der Waals surface area contributed by atoms with E-state index in [0.717, 1.165) is 31.6 Å². The molecular weight excluding hydrogens is 316 g/mol. The van der Waals surface area contributed by atoms with Crippen molar-refractivity contribution in [3.63, 3.8) is 0 Å². The van der Waals surface area contributed by atoms with Gasteiger partial charge in [-0.05, 0) is 44.0 Å². The minimum Gasteiger partial charge on any atom is -0.382 e. The molecule has 1 aromatic rings. The lowest BCUT2D eigenvalue weighted by Gasteiger charge is -2.16. The fourth-order valence-electron chi connectivity index (χ4n) is 1.87. The number of nitrogens with one attached hydrogen (secondary N) is 1. The Morgan fingerprint density at radius 3 is 2.62 bits per heavy atom. The molecule has 0 aliphatic rings. The lowest BCUT2D eigenvalue weighted by Crippen LogP contribution is -2.20. The molecule has 0 aliphatic heterocycles. The highest BCUT2D eigenvalue weighted by molar-refractivity contribution is 6.35. The monoisotopic (exact) mass is 337 g/mol. The highest BCUT2D eigenvalue weighted by Crippen LogP contribution is 2.28. The number of ether oxygens (including phenoxy) is 2. The van der Waals surface area contributed by atoms with Crippen LogP contribution in [0.3, 0.4) is 0 Å². The first-order valence-electron chi connectivity index (χ1n) is 7.00. The van der Waals surface area contributed by atoms with Crippen molar-refractivity contribution in [2.24, 2.45) is 0 Å². The molecule has 6 heteroatoms. The van der Waals surface area contributed by atoms with Crippen LogP contribution < -0.4 is 5.32 Å². The van der Waals surface area contributed by atoms with Gasteiger partial charge < -0.3 is 14.8 Å². The lowest BCUT2D eigenvalue weighted by atomic mass is 10.1. The number of hydrogen-bond donors (Lipinski definition) is 1. The molecule has 1 rings (SSSR count). The van der Waals surface area contributed by atoms with E-state index < -0.39 is 5.82 Å². The van der Waals surface area contributed by atoms with Crippen LogP contribution in [-0.2, 0) is 9.47 Å². The van der Waals surface area contributed by atoms with Crippen molar-refractivity contribution in [2.45, 2.75) is 25.8 Å². The Balaban J connectivity index is 2.25. The molecule has 0 heterocycles. The van der Waals surface area contributed by atoms with Crippen molar-refractivity contribution in [3.8, 4) is 0 Å². The van der Waals surface area contributed by atoms with Gasteiger partial charge in [0.1, 0.15) is 5.82 Å². The molecule has 0 aromatic heterocycles. The maximum atomic E-state index is 13.5. The van der Waals surface area contributed by atoms with Gasteiger partial charge in [-0.25, -0.2) is 4.39 Å². The van der Waals surface area contributed by atoms with Crippen LogP contribution >= 0.6 is 23.2 Å². The number of unbranched alkanes of at least 4 members (excludes halogenated alkanes) is 1. The molecule has 120 valence electrons. The van der Waals surface area contributed by atoms with Crippen molar-refractivity contribution >= 4 is 23.2 Å². The summed E-state index contributed by atoms with van der Waals surface area (Å²) in [6, 6.07) is 2.80. The summed E-state index contributed by atoms with van der Waals surface area (Å²) >= 11 is 11.8. The molecule has 21 heavy (non-hydrogen) atoms. The highest BCUT2D eigenvalue weighted by Gasteiger charge is 2.12. The van der Waals surface area contributed by atoms with Gasteiger partial charge in [-0.1, -0.05) is 23.2 Å². The summed E-state index contributed by atoms with van der Waals surface area (Å²) in [4.78, 5) is 0. The van der Waals surface area contributed by atoms with E-state index in [1.807, 2.05) is 6.92 Å². The summed E-state index contributed by atoms with van der Waals surface area (Å²) in [7, 11) is 1.65. The second kappa shape index (κ2) is 10.4. The van der Waals surface area contributed by atoms with Gasteiger partial charge in [0, 0.05) is 24.8 Å². The summed E-state index contributed by atoms with van der Waals surface area (Å²) in [6.07, 6.45) is 1.94. The fraction of sp³-hybridized carbons (Fsp3) is 0.600. The van der Waals surface area contributed by atoms with Crippen molar-refractivity contribution in [1.29, 1.82) is 0 Å². The third kappa shape index (κ3) is 6.94. The third-order valence-corrected chi connectivity index (χ3v) is 3.72. The van der Waals surface area contributed by atoms with E-state index in [1.165, 1.54) is 12.1 Å². The van der Waals surface area contributed by atoms with Gasteiger partial charge >= 0.3 is 0 Å². The highest BCUT2D eigenvalue weighted by atomic mass is 35.5. The van der Waals surface area contributed by atoms with Crippen LogP contribution in [0.25, 0.3) is 0 Å². The van der Waals surface area contributed by atoms with Gasteiger partial charge in [-0.3, -0.25) is 0 Å². The summed E-state index contributed by atoms with van der Waals surface area (Å²) < 4.78 is 23.7. The Labute approximate surface area is 135 Å². The van der Waals surface area contributed by atoms with E-state index in [4.69, 9.17) is 32.7 Å². The molecule has 0 spiro atoms. The molecule has 1 aromatic carbocycles. The number of rotatable bonds is 10. The maximum Gasteiger partial charge on any atom is 0.142 e. The van der Waals surface area contributed by atoms with Crippen LogP contribution in [-0.4, -0.2) is 33.5 Å². The van der Waals surface area contributed by atoms with Gasteiger partial charge in [-0.15, -0.1) is 0 Å². The summed E-state index contributed by atoms with van der Waals surface area (Å²) in [5, 5.41) is 3.84. The third-order valence-electron chi connectivity index (χ3n) is 3.10. The molecule has 0 bridgehead atoms. The second-order valence-corrected chi connectivity index (χ2v) is 5.59. The number of benzene rings is 1. The Morgan fingerprint density at radius 1 is 1.14 bits per heavy atom. The summed E-state index contributed by atoms with van der Waals surface area (Å²) in [6.45, 7) is 4.73. The predicted molar refractivity (Wildman–Crippen MR) is 84.8 cm³/mol. The molecular formula is C15H22Cl2FNO2. The van der Waals surface area contributed by atoms with Crippen LogP contribution in [0.1, 0.15) is 31.4 Å². The van der Waals surface area contributed by atoms with Crippen molar-refractivity contribution in [1.82, 2.24) is 5.32 Å². The molecule has 0 saturated carbocycles. The van der Waals surface area contributed by atoms with E-state index in [-0.39, 0.29) is 11.1 Å². The Morgan fingerprint density at radius 2 is 1.90 bits per heavy atom. The molecule has 0 aliphatic carbocycles. The first-order valence-corrected chi connectivity index (χ1v) is 7.76. The van der Waals surface area contributed by atoms with Gasteiger partial charge in [0.15, 0.2) is 0 Å². The van der Waals surface area contributed by atoms with Crippen LogP contribution in [0.15, 0.2) is 12.1 Å². The summed E-state index contributed by atoms with van der Waals surface area (Å²) in [5.74, 6) is -0.448. The minimum atomic E-state index is -0.448. The first-order chi connectivity index (χ1) is 10.1. The SMILES string of the molecule is COCCOCCCCNC(C)c1cc(F)c(Cl)cc1Cl. The predicted octanol–water partition coefficient (Wildman–Crippen LogP) is 4.23. The summed E-state index contributed by atoms with van der Waals surface area (Å²) in [5.41, 5.74) is 0.718. The number of hydrogen-bond acceptors (Lipinski definition) is 3. The van der Waals surface area contributed by atoms with Gasteiger partial charge in [-0.2, -0.15) is 0 Å². The van der Waals surface area contributed by atoms with Crippen molar-refractivity contribution < 1.29 is 13.9 Å². The van der Waals surface area contributed by atoms with E-state index in [1.54, 1.807) is 7.11 Å². The average Bonchev–Trinajstić information content (AvgIpc) is 2.45. The fourth-order valence-corrected chi connectivity index (χ4v) is 2.42. The first kappa shape index (κ1) is 18.7. The van der Waals surface area contributed by atoms with Gasteiger partial charge in [0.25, 0.3) is 0 Å². The van der Waals surface area contributed by atoms with Crippen LogP contribution in [0, 0.1) is 5.82 Å². The largest absolute Gasteiger partial charge is 0.382 e. The molecule has 0 fully saturated rings. The standard InChI is InChI=1S/C15H22Cl2FNO2/c1-11(12-9-15(18)14(17)10-13(12)16)19-5-3-4-6-21-8-7-20-2/h9-11,19H,3-8H2,1-2H3. The lowest BCUT2D eigenvalue weighted by molar-refractivity contribution is 0.0687. The number of methoxy groups -OCH3 is 1. The maximum absolute atomic E-state index is 13.5. The zero-order chi connectivity index (χ0) is 15.7. The van der Waals surface area contributed by atoms with Crippen molar-refractivity contribution in [3.05, 3.63) is 33.6 Å². The van der Waals surface area contributed by atoms with Crippen molar-refractivity contribution in [2.75, 3.05) is 33.5 Å². The normalized spacial score (nSPS) is 12.6. The van der Waals surface area contributed by atoms with E-state index >= 15 is 0 Å². The molecule has 1 N–H and O–H groups in total. The smallest absolute Gasteiger partial charge is 0.142 e. The quantitative estimate of drug-likeness (QED) is 0.512. The van der Waals surface area contributed by atoms with Crippen LogP contribution in [0.2, 0.25) is 10.0 Å². The molecule has 1 unspecified atom stereocenters. The minimum absolute atomic E-state index is 0.0290. The topological polar surface area (TPSA) is 30.5 Å². The zero-order valence-corrected chi connectivity index (χ0v) is 13.9. The average molecular weight is 338 g/mol. The Bertz CT molecular complexity index is 432. The van der Waals surface area contributed by atoms with E-state index in [0.29, 0.717) is 18.2 Å². The molecule has 0 radical (unpaired) electrons. The molecule has 3 nitrogen and oxygen atoms in total. The Kier molecular flexibility index (Phi) is 9.20. The van der Waals surface area contributed by atoms with Crippen LogP contribution in [0.5, 0.6) is 0 Å². The number of halogens is 3. The van der Waals surface area contributed by atoms with Gasteiger partial charge in [0.05, 0.1) is 18.2 Å². The second-order valence-electron chi connectivity index (χ2n) is 4.78. The van der Waals surface area contributed by atoms with Crippen LogP contribution in [0.4, 0.5) is 4.39 Å². The Hall–Kier alpha value is -0.390. The van der Waals surface area contributed by atoms with Gasteiger partial charge in [0.2, 0.25) is 0 Å². The van der Waals surface area contributed by atoms with E-state index in [2.05, 4.69) is 5.32 Å². The zero-order valence-electron chi connectivity index (χ0n) is 12.4. The van der Waals surface area contributed by atoms with E-state index in [9.17, 15) is 4.39 Å². The molecule has 0 saturated heterocycles. The molecule has 0 amide bonds.